The van der Waals surface area contributed by atoms with Crippen molar-refractivity contribution < 1.29 is 9.33 Å². The molecule has 0 spiro atoms. The van der Waals surface area contributed by atoms with Crippen LogP contribution in [0.1, 0.15) is 8.27 Å². The van der Waals surface area contributed by atoms with Gasteiger partial charge >= 0.3 is 74.2 Å². The molecule has 1 radical (unpaired) electrons. The number of hydrogen-bond donors (Lipinski definition) is 1. The molecule has 6 heteroatoms. The molecule has 0 rings (SSSR count). The van der Waals surface area contributed by atoms with Gasteiger partial charge in [-0.3, -0.25) is 0 Å². The summed E-state index contributed by atoms with van der Waals surface area (Å²) in [5.41, 5.74) is 0. The molecule has 0 aliphatic rings. The summed E-state index contributed by atoms with van der Waals surface area (Å²) in [6.45, 7) is -2.04. The molecule has 8 heavy (non-hydrogen) atoms. The molecule has 1 N–H and O–H groups in total. The van der Waals surface area contributed by atoms with E-state index in [1.54, 1.807) is 0 Å². The first-order valence-corrected chi connectivity index (χ1v) is 4.11. The Kier molecular flexibility index (Phi) is 1.93. The predicted octanol–water partition coefficient (Wildman–Crippen LogP) is -0.280. The van der Waals surface area contributed by atoms with Crippen molar-refractivity contribution in [3.05, 3.63) is 0 Å². The number of hydrogen-bond acceptors (Lipinski definition) is 2. The van der Waals surface area contributed by atoms with Crippen molar-refractivity contribution in [2.24, 2.45) is 0 Å². The molecule has 0 amide bonds. The summed E-state index contributed by atoms with van der Waals surface area (Å²) in [6, 6.07) is 0. The van der Waals surface area contributed by atoms with Crippen molar-refractivity contribution in [3.63, 3.8) is 0 Å². The maximum absolute atomic E-state index is 7.69. The van der Waals surface area contributed by atoms with E-state index in [2.05, 4.69) is 7.96 Å². The average Bonchev–Trinajstić information content (AvgIpc) is 2.18. The van der Waals surface area contributed by atoms with E-state index in [4.69, 9.17) is 8.03 Å². The number of halogens is 1. The van der Waals surface area contributed by atoms with Gasteiger partial charge in [0, 0.05) is 0 Å². The van der Waals surface area contributed by atoms with E-state index in [0.717, 1.165) is 0 Å². The van der Waals surface area contributed by atoms with E-state index in [1.807, 2.05) is 0 Å². The van der Waals surface area contributed by atoms with Gasteiger partial charge in [-0.2, -0.15) is 0 Å². The molecule has 1 atom stereocenters. The standard InChI is InChI=1S/C2H9B2IO2P/c1-2(7-5)8(6)4-3/h2-4,6H,8H2,1H3/i1T,3T,4D,6T,8TD. The monoisotopic (exact) mass is 255 g/mol. The van der Waals surface area contributed by atoms with Crippen molar-refractivity contribution >= 4 is 45.5 Å². The summed E-state index contributed by atoms with van der Waals surface area (Å²) in [5.74, 6) is -1.27. The quantitative estimate of drug-likeness (QED) is 0.415. The molecule has 0 saturated heterocycles. The van der Waals surface area contributed by atoms with Crippen LogP contribution in [0.15, 0.2) is 0 Å². The fraction of sp³-hybridized carbons (Fsp3) is 1.00. The molecule has 0 aromatic heterocycles. The van der Waals surface area contributed by atoms with Crippen molar-refractivity contribution in [2.45, 2.75) is 12.7 Å². The van der Waals surface area contributed by atoms with Crippen molar-refractivity contribution in [1.82, 2.24) is 0 Å². The topological polar surface area (TPSA) is 29.5 Å². The van der Waals surface area contributed by atoms with Crippen molar-refractivity contribution in [1.29, 1.82) is 6.66 Å². The molecule has 0 aromatic carbocycles. The second-order valence-corrected chi connectivity index (χ2v) is 3.16. The summed E-state index contributed by atoms with van der Waals surface area (Å²) in [6.07, 6.45) is 0. The SMILES string of the molecule is [2H]B([B][3H])P([2H])([3H])(O[3H])C(C[3H])OI. The summed E-state index contributed by atoms with van der Waals surface area (Å²) >= 11 is 1.41. The van der Waals surface area contributed by atoms with Crippen LogP contribution in [-0.2, 0) is 3.07 Å². The molecule has 0 bridgehead atoms. The van der Waals surface area contributed by atoms with Gasteiger partial charge in [-0.25, -0.2) is 0 Å². The van der Waals surface area contributed by atoms with E-state index < -0.39 is 27.5 Å². The van der Waals surface area contributed by atoms with Crippen LogP contribution in [0, 0.1) is 0 Å². The third-order valence-corrected chi connectivity index (χ3v) is 2.52. The fourth-order valence-corrected chi connectivity index (χ4v) is 1.08. The maximum atomic E-state index is 7.69. The molecular weight excluding hydrogens is 236 g/mol. The molecule has 1 unspecified atom stereocenters. The van der Waals surface area contributed by atoms with Gasteiger partial charge in [0.2, 0.25) is 0 Å². The van der Waals surface area contributed by atoms with Crippen LogP contribution >= 0.6 is 30.9 Å². The first-order chi connectivity index (χ1) is 6.36. The summed E-state index contributed by atoms with van der Waals surface area (Å²) in [7, 11) is -4.20. The Balaban J connectivity index is 5.07. The van der Waals surface area contributed by atoms with Crippen LogP contribution in [0.4, 0.5) is 0 Å². The van der Waals surface area contributed by atoms with Gasteiger partial charge < -0.3 is 0 Å². The van der Waals surface area contributed by atoms with E-state index in [-0.39, 0.29) is 0 Å². The molecule has 0 aromatic rings. The Morgan fingerprint density at radius 2 is 3.88 bits per heavy atom. The second-order valence-electron chi connectivity index (χ2n) is 1.05. The van der Waals surface area contributed by atoms with E-state index in [1.165, 1.54) is 23.0 Å². The van der Waals surface area contributed by atoms with Gasteiger partial charge in [-0.15, -0.1) is 0 Å². The minimum atomic E-state index is -4.76. The molecule has 2 nitrogen and oxygen atoms in total. The normalized spacial score (nSPS) is 30.4. The molecule has 0 heterocycles. The van der Waals surface area contributed by atoms with Gasteiger partial charge in [0.25, 0.3) is 0 Å². The zero-order chi connectivity index (χ0) is 11.4. The fourth-order valence-electron chi connectivity index (χ4n) is 0.135. The van der Waals surface area contributed by atoms with Gasteiger partial charge in [-0.05, 0) is 0 Å². The van der Waals surface area contributed by atoms with Gasteiger partial charge in [0.1, 0.15) is 0 Å². The van der Waals surface area contributed by atoms with Crippen molar-refractivity contribution in [2.75, 3.05) is 0 Å². The van der Waals surface area contributed by atoms with Crippen LogP contribution in [0.2, 0.25) is 0 Å². The number of rotatable bonds is 5. The van der Waals surface area contributed by atoms with Crippen LogP contribution in [0.3, 0.4) is 0 Å². The Bertz CT molecular complexity index is 195. The average molecular weight is 255 g/mol. The molecule has 0 aliphatic carbocycles. The summed E-state index contributed by atoms with van der Waals surface area (Å²) < 4.78 is 48.0. The van der Waals surface area contributed by atoms with Crippen LogP contribution in [-0.4, -0.2) is 32.0 Å². The Morgan fingerprint density at radius 3 is 4.25 bits per heavy atom. The van der Waals surface area contributed by atoms with Crippen LogP contribution < -0.4 is 0 Å². The van der Waals surface area contributed by atoms with Crippen LogP contribution in [0.25, 0.3) is 0 Å². The predicted molar refractivity (Wildman–Crippen MR) is 50.8 cm³/mol. The van der Waals surface area contributed by atoms with E-state index in [9.17, 15) is 0 Å². The van der Waals surface area contributed by atoms with E-state index >= 15 is 0 Å². The first-order valence-electron chi connectivity index (χ1n) is 5.00. The third kappa shape index (κ3) is 3.28. The summed E-state index contributed by atoms with van der Waals surface area (Å²) in [4.78, 5) is 4.05. The van der Waals surface area contributed by atoms with E-state index in [0.29, 0.717) is 7.70 Å². The second kappa shape index (κ2) is 5.03. The Morgan fingerprint density at radius 1 is 3.00 bits per heavy atom. The molecule has 0 saturated carbocycles. The Hall–Kier alpha value is 1.21. The van der Waals surface area contributed by atoms with Crippen LogP contribution in [0.5, 0.6) is 0 Å². The molecular formula is C2H9B2IO2P. The minimum absolute atomic E-state index is 0.449. The molecule has 0 aliphatic heterocycles. The third-order valence-electron chi connectivity index (χ3n) is 0.534. The van der Waals surface area contributed by atoms with Gasteiger partial charge in [0.15, 0.2) is 0 Å². The zero-order valence-corrected chi connectivity index (χ0v) is 7.13. The Labute approximate surface area is 74.7 Å². The first kappa shape index (κ1) is 3.07. The zero-order valence-electron chi connectivity index (χ0n) is 10.1. The van der Waals surface area contributed by atoms with Gasteiger partial charge in [0.05, 0.1) is 0 Å². The molecule has 47 valence electrons. The van der Waals surface area contributed by atoms with Crippen molar-refractivity contribution in [3.8, 4) is 0 Å². The summed E-state index contributed by atoms with van der Waals surface area (Å²) in [5, 5.41) is 0. The van der Waals surface area contributed by atoms with Gasteiger partial charge in [-0.1, -0.05) is 0 Å². The molecule has 0 fully saturated rings.